The molecule has 0 spiro atoms. The van der Waals surface area contributed by atoms with E-state index in [0.29, 0.717) is 28.2 Å². The molecule has 1 amide bonds. The van der Waals surface area contributed by atoms with Crippen LogP contribution in [0.15, 0.2) is 77.9 Å². The zero-order chi connectivity index (χ0) is 23.0. The molecule has 0 radical (unpaired) electrons. The third-order valence-electron chi connectivity index (χ3n) is 4.62. The molecule has 0 saturated heterocycles. The van der Waals surface area contributed by atoms with Gasteiger partial charge in [-0.1, -0.05) is 60.7 Å². The molecule has 3 aromatic rings. The summed E-state index contributed by atoms with van der Waals surface area (Å²) in [4.78, 5) is 13.1. The Morgan fingerprint density at radius 3 is 2.28 bits per heavy atom. The van der Waals surface area contributed by atoms with E-state index in [9.17, 15) is 9.90 Å². The Morgan fingerprint density at radius 1 is 1.16 bits per heavy atom. The number of rotatable bonds is 8. The Labute approximate surface area is 199 Å². The largest absolute Gasteiger partial charge is 0.493 e. The molecular weight excluding hydrogens is 521 g/mol. The summed E-state index contributed by atoms with van der Waals surface area (Å²) in [6.45, 7) is -0.104. The number of methoxy groups -OCH3 is 1. The number of amides is 1. The van der Waals surface area contributed by atoms with E-state index in [4.69, 9.17) is 14.7 Å². The number of carbonyl (C=O) groups excluding carboxylic acids is 1. The molecule has 2 N–H and O–H groups in total. The molecule has 0 aromatic heterocycles. The first-order valence-electron chi connectivity index (χ1n) is 9.55. The molecule has 0 atom stereocenters. The molecule has 0 saturated carbocycles. The van der Waals surface area contributed by atoms with Gasteiger partial charge in [-0.3, -0.25) is 4.79 Å². The van der Waals surface area contributed by atoms with Gasteiger partial charge in [-0.25, -0.2) is 5.43 Å². The zero-order valence-electron chi connectivity index (χ0n) is 17.2. The van der Waals surface area contributed by atoms with E-state index in [1.807, 2.05) is 18.2 Å². The molecule has 0 aliphatic carbocycles. The number of hydrazone groups is 1. The molecule has 0 heterocycles. The molecule has 0 aliphatic rings. The minimum absolute atomic E-state index is 0.104. The molecule has 3 rings (SSSR count). The number of nitrogens with zero attached hydrogens (tertiary/aromatic N) is 2. The summed E-state index contributed by atoms with van der Waals surface area (Å²) in [6.07, 6.45) is 1.44. The summed E-state index contributed by atoms with van der Waals surface area (Å²) in [5.41, 5.74) is 2.01. The maximum Gasteiger partial charge on any atom is 0.281 e. The fourth-order valence-electron chi connectivity index (χ4n) is 3.09. The van der Waals surface area contributed by atoms with Crippen LogP contribution in [-0.2, 0) is 10.4 Å². The van der Waals surface area contributed by atoms with Gasteiger partial charge >= 0.3 is 0 Å². The van der Waals surface area contributed by atoms with E-state index in [0.717, 1.165) is 3.57 Å². The van der Waals surface area contributed by atoms with Crippen molar-refractivity contribution in [3.63, 3.8) is 0 Å². The number of benzene rings is 3. The van der Waals surface area contributed by atoms with E-state index in [1.54, 1.807) is 60.7 Å². The SMILES string of the molecule is COc1cc(/C=N\NC(=O)C(O)(c2ccccc2)c2ccccc2)cc(I)c1OCC#N. The van der Waals surface area contributed by atoms with Crippen LogP contribution in [-0.4, -0.2) is 30.9 Å². The smallest absolute Gasteiger partial charge is 0.281 e. The maximum absolute atomic E-state index is 13.1. The molecule has 162 valence electrons. The van der Waals surface area contributed by atoms with Gasteiger partial charge in [0.15, 0.2) is 23.7 Å². The van der Waals surface area contributed by atoms with Crippen LogP contribution in [0.3, 0.4) is 0 Å². The summed E-state index contributed by atoms with van der Waals surface area (Å²) in [5, 5.41) is 24.2. The van der Waals surface area contributed by atoms with Crippen molar-refractivity contribution in [3.8, 4) is 17.6 Å². The average molecular weight is 541 g/mol. The number of hydrogen-bond donors (Lipinski definition) is 2. The summed E-state index contributed by atoms with van der Waals surface area (Å²) in [7, 11) is 1.49. The number of ether oxygens (including phenoxy) is 2. The highest BCUT2D eigenvalue weighted by Crippen LogP contribution is 2.33. The summed E-state index contributed by atoms with van der Waals surface area (Å²) < 4.78 is 11.5. The van der Waals surface area contributed by atoms with Crippen LogP contribution in [0.4, 0.5) is 0 Å². The van der Waals surface area contributed by atoms with Gasteiger partial charge in [-0.2, -0.15) is 10.4 Å². The lowest BCUT2D eigenvalue weighted by Gasteiger charge is -2.27. The molecule has 0 bridgehead atoms. The van der Waals surface area contributed by atoms with Crippen molar-refractivity contribution in [1.29, 1.82) is 5.26 Å². The monoisotopic (exact) mass is 541 g/mol. The fourth-order valence-corrected chi connectivity index (χ4v) is 3.87. The van der Waals surface area contributed by atoms with Crippen LogP contribution in [0.5, 0.6) is 11.5 Å². The van der Waals surface area contributed by atoms with Crippen LogP contribution in [0.25, 0.3) is 0 Å². The fraction of sp³-hybridized carbons (Fsp3) is 0.125. The maximum atomic E-state index is 13.1. The van der Waals surface area contributed by atoms with E-state index in [2.05, 4.69) is 33.1 Å². The van der Waals surface area contributed by atoms with Gasteiger partial charge in [-0.15, -0.1) is 0 Å². The third kappa shape index (κ3) is 5.07. The van der Waals surface area contributed by atoms with Crippen molar-refractivity contribution in [2.45, 2.75) is 5.60 Å². The number of aliphatic hydroxyl groups is 1. The van der Waals surface area contributed by atoms with E-state index in [-0.39, 0.29) is 6.61 Å². The molecule has 8 heteroatoms. The van der Waals surface area contributed by atoms with E-state index >= 15 is 0 Å². The zero-order valence-corrected chi connectivity index (χ0v) is 19.3. The third-order valence-corrected chi connectivity index (χ3v) is 5.43. The highest BCUT2D eigenvalue weighted by molar-refractivity contribution is 14.1. The van der Waals surface area contributed by atoms with E-state index < -0.39 is 11.5 Å². The van der Waals surface area contributed by atoms with Crippen LogP contribution in [0, 0.1) is 14.9 Å². The van der Waals surface area contributed by atoms with Crippen LogP contribution in [0.2, 0.25) is 0 Å². The van der Waals surface area contributed by atoms with Crippen LogP contribution < -0.4 is 14.9 Å². The number of nitriles is 1. The van der Waals surface area contributed by atoms with Gasteiger partial charge in [0.1, 0.15) is 6.07 Å². The van der Waals surface area contributed by atoms with Gasteiger partial charge < -0.3 is 14.6 Å². The normalized spacial score (nSPS) is 11.1. The van der Waals surface area contributed by atoms with Gasteiger partial charge in [0, 0.05) is 0 Å². The Kier molecular flexibility index (Phi) is 7.81. The molecule has 7 nitrogen and oxygen atoms in total. The van der Waals surface area contributed by atoms with Crippen molar-refractivity contribution in [3.05, 3.63) is 93.1 Å². The molecule has 3 aromatic carbocycles. The van der Waals surface area contributed by atoms with Crippen molar-refractivity contribution in [1.82, 2.24) is 5.43 Å². The summed E-state index contributed by atoms with van der Waals surface area (Å²) in [5.74, 6) is 0.199. The molecule has 0 unspecified atom stereocenters. The molecule has 32 heavy (non-hydrogen) atoms. The predicted molar refractivity (Wildman–Crippen MR) is 128 cm³/mol. The first-order chi connectivity index (χ1) is 15.5. The average Bonchev–Trinajstić information content (AvgIpc) is 2.83. The van der Waals surface area contributed by atoms with Crippen LogP contribution in [0.1, 0.15) is 16.7 Å². The van der Waals surface area contributed by atoms with Crippen molar-refractivity contribution >= 4 is 34.7 Å². The standard InChI is InChI=1S/C24H20IN3O4/c1-31-21-15-17(14-20(25)22(21)32-13-12-26)16-27-28-23(29)24(30,18-8-4-2-5-9-18)19-10-6-3-7-11-19/h2-11,14-16,30H,13H2,1H3,(H,28,29)/b27-16-. The second-order valence-electron chi connectivity index (χ2n) is 6.62. The summed E-state index contributed by atoms with van der Waals surface area (Å²) in [6, 6.07) is 22.7. The second kappa shape index (κ2) is 10.7. The van der Waals surface area contributed by atoms with Gasteiger partial charge in [0.2, 0.25) is 0 Å². The lowest BCUT2D eigenvalue weighted by Crippen LogP contribution is -2.43. The molecule has 0 fully saturated rings. The number of carbonyl (C=O) groups is 1. The Hall–Kier alpha value is -3.42. The van der Waals surface area contributed by atoms with Crippen molar-refractivity contribution in [2.75, 3.05) is 13.7 Å². The lowest BCUT2D eigenvalue weighted by molar-refractivity contribution is -0.136. The lowest BCUT2D eigenvalue weighted by atomic mass is 9.85. The summed E-state index contributed by atoms with van der Waals surface area (Å²) >= 11 is 2.06. The van der Waals surface area contributed by atoms with Gasteiger partial charge in [0.25, 0.3) is 5.91 Å². The first kappa shape index (κ1) is 23.2. The Morgan fingerprint density at radius 2 is 1.75 bits per heavy atom. The predicted octanol–water partition coefficient (Wildman–Crippen LogP) is 3.59. The number of halogens is 1. The minimum atomic E-state index is -1.92. The topological polar surface area (TPSA) is 104 Å². The highest BCUT2D eigenvalue weighted by atomic mass is 127. The minimum Gasteiger partial charge on any atom is -0.493 e. The van der Waals surface area contributed by atoms with Crippen molar-refractivity contribution < 1.29 is 19.4 Å². The van der Waals surface area contributed by atoms with E-state index in [1.165, 1.54) is 13.3 Å². The van der Waals surface area contributed by atoms with Crippen LogP contribution >= 0.6 is 22.6 Å². The van der Waals surface area contributed by atoms with Crippen molar-refractivity contribution in [2.24, 2.45) is 5.10 Å². The van der Waals surface area contributed by atoms with Gasteiger partial charge in [0.05, 0.1) is 16.9 Å². The first-order valence-corrected chi connectivity index (χ1v) is 10.6. The Balaban J connectivity index is 1.86. The number of nitrogens with one attached hydrogen (secondary N) is 1. The quantitative estimate of drug-likeness (QED) is 0.258. The number of hydrogen-bond acceptors (Lipinski definition) is 6. The second-order valence-corrected chi connectivity index (χ2v) is 7.78. The van der Waals surface area contributed by atoms with Gasteiger partial charge in [-0.05, 0) is 51.4 Å². The highest BCUT2D eigenvalue weighted by Gasteiger charge is 2.39. The molecule has 0 aliphatic heterocycles. The molecular formula is C24H20IN3O4. The Bertz CT molecular complexity index is 1110.